The molecule has 1 amide bonds. The lowest BCUT2D eigenvalue weighted by molar-refractivity contribution is 0.0956. The summed E-state index contributed by atoms with van der Waals surface area (Å²) in [5.41, 5.74) is 4.75. The fourth-order valence-electron chi connectivity index (χ4n) is 2.90. The maximum absolute atomic E-state index is 12.5. The second-order valence-electron chi connectivity index (χ2n) is 5.82. The quantitative estimate of drug-likeness (QED) is 0.537. The van der Waals surface area contributed by atoms with Gasteiger partial charge in [-0.1, -0.05) is 18.2 Å². The van der Waals surface area contributed by atoms with Crippen LogP contribution in [0.25, 0.3) is 10.9 Å². The number of aromatic nitrogens is 1. The van der Waals surface area contributed by atoms with Crippen LogP contribution in [-0.2, 0) is 7.05 Å². The Hall–Kier alpha value is -3.48. The molecule has 3 aromatic rings. The topological polar surface area (TPSA) is 74.1 Å². The van der Waals surface area contributed by atoms with Crippen molar-refractivity contribution in [2.45, 2.75) is 0 Å². The molecule has 0 aliphatic carbocycles. The summed E-state index contributed by atoms with van der Waals surface area (Å²) in [4.78, 5) is 12.5. The number of methoxy groups -OCH3 is 3. The van der Waals surface area contributed by atoms with Gasteiger partial charge in [-0.05, 0) is 12.1 Å². The van der Waals surface area contributed by atoms with Crippen molar-refractivity contribution < 1.29 is 19.0 Å². The molecule has 140 valence electrons. The summed E-state index contributed by atoms with van der Waals surface area (Å²) < 4.78 is 17.8. The zero-order chi connectivity index (χ0) is 19.4. The first-order valence-corrected chi connectivity index (χ1v) is 8.26. The molecule has 0 radical (unpaired) electrons. The van der Waals surface area contributed by atoms with Gasteiger partial charge in [-0.2, -0.15) is 5.10 Å². The molecule has 3 rings (SSSR count). The van der Waals surface area contributed by atoms with E-state index < -0.39 is 0 Å². The van der Waals surface area contributed by atoms with Crippen LogP contribution >= 0.6 is 0 Å². The second-order valence-corrected chi connectivity index (χ2v) is 5.82. The van der Waals surface area contributed by atoms with Gasteiger partial charge in [-0.3, -0.25) is 4.79 Å². The van der Waals surface area contributed by atoms with Gasteiger partial charge in [0.2, 0.25) is 0 Å². The molecule has 7 heteroatoms. The average molecular weight is 367 g/mol. The highest BCUT2D eigenvalue weighted by molar-refractivity contribution is 6.07. The van der Waals surface area contributed by atoms with Crippen LogP contribution in [0.5, 0.6) is 17.2 Å². The molecule has 2 aromatic carbocycles. The molecule has 27 heavy (non-hydrogen) atoms. The minimum Gasteiger partial charge on any atom is -0.496 e. The van der Waals surface area contributed by atoms with Crippen molar-refractivity contribution in [3.05, 3.63) is 53.7 Å². The summed E-state index contributed by atoms with van der Waals surface area (Å²) >= 11 is 0. The number of hydrogen-bond acceptors (Lipinski definition) is 5. The van der Waals surface area contributed by atoms with Crippen LogP contribution in [0.2, 0.25) is 0 Å². The molecule has 1 N–H and O–H groups in total. The molecular formula is C20H21N3O4. The van der Waals surface area contributed by atoms with Gasteiger partial charge < -0.3 is 18.8 Å². The fourth-order valence-corrected chi connectivity index (χ4v) is 2.90. The van der Waals surface area contributed by atoms with Crippen LogP contribution in [0.4, 0.5) is 0 Å². The van der Waals surface area contributed by atoms with E-state index in [4.69, 9.17) is 14.2 Å². The van der Waals surface area contributed by atoms with Gasteiger partial charge in [0.1, 0.15) is 5.75 Å². The first-order chi connectivity index (χ1) is 13.1. The standard InChI is InChI=1S/C20H21N3O4/c1-23-12-15(14-7-5-6-8-16(14)23)20(24)22-21-11-13-9-18(26-3)19(27-4)10-17(13)25-2/h5-12H,1-4H3,(H,22,24)/b21-11+. The number of nitrogens with zero attached hydrogens (tertiary/aromatic N) is 2. The highest BCUT2D eigenvalue weighted by atomic mass is 16.5. The van der Waals surface area contributed by atoms with Crippen molar-refractivity contribution in [1.29, 1.82) is 0 Å². The summed E-state index contributed by atoms with van der Waals surface area (Å²) in [6, 6.07) is 11.1. The van der Waals surface area contributed by atoms with E-state index in [1.54, 1.807) is 39.7 Å². The van der Waals surface area contributed by atoms with Gasteiger partial charge in [-0.15, -0.1) is 0 Å². The molecule has 1 heterocycles. The Labute approximate surface area is 157 Å². The highest BCUT2D eigenvalue weighted by Crippen LogP contribution is 2.33. The van der Waals surface area contributed by atoms with Crippen LogP contribution in [-0.4, -0.2) is 38.0 Å². The number of fused-ring (bicyclic) bond motifs is 1. The Morgan fingerprint density at radius 1 is 1.04 bits per heavy atom. The third-order valence-corrected chi connectivity index (χ3v) is 4.25. The SMILES string of the molecule is COc1cc(OC)c(OC)cc1/C=N/NC(=O)c1cn(C)c2ccccc12. The number of rotatable bonds is 6. The van der Waals surface area contributed by atoms with Gasteiger partial charge in [-0.25, -0.2) is 5.43 Å². The smallest absolute Gasteiger partial charge is 0.273 e. The predicted molar refractivity (Wildman–Crippen MR) is 104 cm³/mol. The van der Waals surface area contributed by atoms with Crippen molar-refractivity contribution in [1.82, 2.24) is 9.99 Å². The lowest BCUT2D eigenvalue weighted by Gasteiger charge is -2.11. The average Bonchev–Trinajstić information content (AvgIpc) is 3.04. The van der Waals surface area contributed by atoms with Gasteiger partial charge >= 0.3 is 0 Å². The van der Waals surface area contributed by atoms with E-state index in [1.165, 1.54) is 6.21 Å². The normalized spacial score (nSPS) is 11.0. The van der Waals surface area contributed by atoms with E-state index >= 15 is 0 Å². The van der Waals surface area contributed by atoms with E-state index in [0.29, 0.717) is 28.4 Å². The van der Waals surface area contributed by atoms with E-state index in [2.05, 4.69) is 10.5 Å². The first kappa shape index (κ1) is 18.3. The van der Waals surface area contributed by atoms with Gasteiger partial charge in [0, 0.05) is 35.8 Å². The number of aryl methyl sites for hydroxylation is 1. The Bertz CT molecular complexity index is 1010. The van der Waals surface area contributed by atoms with E-state index in [0.717, 1.165) is 10.9 Å². The zero-order valence-corrected chi connectivity index (χ0v) is 15.6. The van der Waals surface area contributed by atoms with Gasteiger partial charge in [0.15, 0.2) is 11.5 Å². The molecular weight excluding hydrogens is 346 g/mol. The van der Waals surface area contributed by atoms with Crippen LogP contribution in [0.15, 0.2) is 47.7 Å². The first-order valence-electron chi connectivity index (χ1n) is 8.26. The molecule has 0 fully saturated rings. The summed E-state index contributed by atoms with van der Waals surface area (Å²) in [5, 5.41) is 4.93. The number of carbonyl (C=O) groups is 1. The van der Waals surface area contributed by atoms with E-state index in [9.17, 15) is 4.79 Å². The Balaban J connectivity index is 1.83. The fraction of sp³-hybridized carbons (Fsp3) is 0.200. The second kappa shape index (κ2) is 7.82. The number of amides is 1. The number of nitrogens with one attached hydrogen (secondary N) is 1. The van der Waals surface area contributed by atoms with Crippen molar-refractivity contribution in [2.75, 3.05) is 21.3 Å². The van der Waals surface area contributed by atoms with Crippen LogP contribution in [0, 0.1) is 0 Å². The molecule has 0 atom stereocenters. The monoisotopic (exact) mass is 367 g/mol. The Morgan fingerprint density at radius 2 is 1.70 bits per heavy atom. The summed E-state index contributed by atoms with van der Waals surface area (Å²) in [5.74, 6) is 1.35. The van der Waals surface area contributed by atoms with Crippen LogP contribution in [0.1, 0.15) is 15.9 Å². The maximum Gasteiger partial charge on any atom is 0.273 e. The summed E-state index contributed by atoms with van der Waals surface area (Å²) in [6.07, 6.45) is 3.29. The van der Waals surface area contributed by atoms with Crippen molar-refractivity contribution in [3.63, 3.8) is 0 Å². The molecule has 0 aliphatic rings. The third-order valence-electron chi connectivity index (χ3n) is 4.25. The summed E-state index contributed by atoms with van der Waals surface area (Å²) in [7, 11) is 6.55. The van der Waals surface area contributed by atoms with Crippen LogP contribution < -0.4 is 19.6 Å². The minimum absolute atomic E-state index is 0.289. The molecule has 0 unspecified atom stereocenters. The van der Waals surface area contributed by atoms with E-state index in [1.807, 2.05) is 35.9 Å². The minimum atomic E-state index is -0.289. The Kier molecular flexibility index (Phi) is 5.30. The molecule has 1 aromatic heterocycles. The number of para-hydroxylation sites is 1. The molecule has 0 bridgehead atoms. The lowest BCUT2D eigenvalue weighted by Crippen LogP contribution is -2.17. The van der Waals surface area contributed by atoms with E-state index in [-0.39, 0.29) is 5.91 Å². The molecule has 0 aliphatic heterocycles. The largest absolute Gasteiger partial charge is 0.496 e. The molecule has 7 nitrogen and oxygen atoms in total. The molecule has 0 saturated carbocycles. The van der Waals surface area contributed by atoms with Crippen molar-refractivity contribution in [2.24, 2.45) is 12.1 Å². The Morgan fingerprint density at radius 3 is 2.41 bits per heavy atom. The number of benzene rings is 2. The van der Waals surface area contributed by atoms with Gasteiger partial charge in [0.25, 0.3) is 5.91 Å². The number of carbonyl (C=O) groups excluding carboxylic acids is 1. The number of hydrogen-bond donors (Lipinski definition) is 1. The van der Waals surface area contributed by atoms with Crippen molar-refractivity contribution >= 4 is 23.0 Å². The molecule has 0 spiro atoms. The maximum atomic E-state index is 12.5. The number of ether oxygens (including phenoxy) is 3. The molecule has 0 saturated heterocycles. The highest BCUT2D eigenvalue weighted by Gasteiger charge is 2.13. The number of hydrazone groups is 1. The zero-order valence-electron chi connectivity index (χ0n) is 15.6. The third kappa shape index (κ3) is 3.57. The van der Waals surface area contributed by atoms with Crippen molar-refractivity contribution in [3.8, 4) is 17.2 Å². The summed E-state index contributed by atoms with van der Waals surface area (Å²) in [6.45, 7) is 0. The predicted octanol–water partition coefficient (Wildman–Crippen LogP) is 2.97. The van der Waals surface area contributed by atoms with Gasteiger partial charge in [0.05, 0.1) is 33.1 Å². The lowest BCUT2D eigenvalue weighted by atomic mass is 10.2. The van der Waals surface area contributed by atoms with Crippen LogP contribution in [0.3, 0.4) is 0 Å².